The predicted octanol–water partition coefficient (Wildman–Crippen LogP) is 1.76. The van der Waals surface area contributed by atoms with Crippen molar-refractivity contribution in [1.29, 1.82) is 0 Å². The summed E-state index contributed by atoms with van der Waals surface area (Å²) in [6.45, 7) is 1.97. The molecule has 1 aromatic carbocycles. The summed E-state index contributed by atoms with van der Waals surface area (Å²) in [6, 6.07) is 10.2. The molecule has 1 amide bonds. The predicted molar refractivity (Wildman–Crippen MR) is 79.9 cm³/mol. The van der Waals surface area contributed by atoms with Crippen molar-refractivity contribution < 1.29 is 14.3 Å². The van der Waals surface area contributed by atoms with Gasteiger partial charge in [-0.15, -0.1) is 0 Å². The van der Waals surface area contributed by atoms with Crippen LogP contribution < -0.4 is 10.6 Å². The van der Waals surface area contributed by atoms with Crippen molar-refractivity contribution in [2.24, 2.45) is 5.92 Å². The maximum absolute atomic E-state index is 12.3. The summed E-state index contributed by atoms with van der Waals surface area (Å²) >= 11 is 0. The number of hydrogen-bond acceptors (Lipinski definition) is 4. The number of rotatable bonds is 7. The number of anilines is 1. The quantitative estimate of drug-likeness (QED) is 0.751. The Bertz CT molecular complexity index is 462. The minimum absolute atomic E-state index is 0.0288. The van der Waals surface area contributed by atoms with Gasteiger partial charge in [-0.25, -0.2) is 0 Å². The molecular formula is C16H22N2O3. The van der Waals surface area contributed by atoms with Gasteiger partial charge < -0.3 is 20.1 Å². The summed E-state index contributed by atoms with van der Waals surface area (Å²) < 4.78 is 11.2. The first-order valence-electron chi connectivity index (χ1n) is 7.65. The van der Waals surface area contributed by atoms with E-state index in [4.69, 9.17) is 9.47 Å². The molecule has 1 saturated carbocycles. The van der Waals surface area contributed by atoms with Gasteiger partial charge in [0.2, 0.25) is 5.91 Å². The van der Waals surface area contributed by atoms with Crippen LogP contribution in [0.25, 0.3) is 0 Å². The zero-order chi connectivity index (χ0) is 14.5. The molecule has 2 aliphatic rings. The SMILES string of the molecule is O=C(Nc1ccccc1)C1CCOC1OCCNC1CC1. The Kier molecular flexibility index (Phi) is 4.85. The second-order valence-electron chi connectivity index (χ2n) is 5.59. The Morgan fingerprint density at radius 3 is 2.81 bits per heavy atom. The molecule has 5 heteroatoms. The number of para-hydroxylation sites is 1. The summed E-state index contributed by atoms with van der Waals surface area (Å²) in [4.78, 5) is 12.3. The average Bonchev–Trinajstić information content (AvgIpc) is 3.21. The lowest BCUT2D eigenvalue weighted by molar-refractivity contribution is -0.146. The molecule has 1 aliphatic heterocycles. The zero-order valence-corrected chi connectivity index (χ0v) is 12.1. The maximum atomic E-state index is 12.3. The van der Waals surface area contributed by atoms with E-state index < -0.39 is 6.29 Å². The molecular weight excluding hydrogens is 268 g/mol. The second kappa shape index (κ2) is 7.02. The standard InChI is InChI=1S/C16H22N2O3/c19-15(18-13-4-2-1-3-5-13)14-8-10-20-16(14)21-11-9-17-12-6-7-12/h1-5,12,14,16-17H,6-11H2,(H,18,19). The number of hydrogen-bond donors (Lipinski definition) is 2. The highest BCUT2D eigenvalue weighted by atomic mass is 16.7. The fraction of sp³-hybridized carbons (Fsp3) is 0.562. The summed E-state index contributed by atoms with van der Waals surface area (Å²) in [5.74, 6) is -0.259. The van der Waals surface area contributed by atoms with Gasteiger partial charge in [0, 0.05) is 18.3 Å². The third kappa shape index (κ3) is 4.27. The lowest BCUT2D eigenvalue weighted by Gasteiger charge is -2.19. The minimum atomic E-state index is -0.422. The normalized spacial score (nSPS) is 25.0. The Morgan fingerprint density at radius 2 is 2.05 bits per heavy atom. The van der Waals surface area contributed by atoms with E-state index in [1.807, 2.05) is 30.3 Å². The van der Waals surface area contributed by atoms with Gasteiger partial charge in [-0.2, -0.15) is 0 Å². The molecule has 0 aromatic heterocycles. The highest BCUT2D eigenvalue weighted by Gasteiger charge is 2.35. The van der Waals surface area contributed by atoms with Crippen LogP contribution in [0.4, 0.5) is 5.69 Å². The van der Waals surface area contributed by atoms with Crippen molar-refractivity contribution in [3.63, 3.8) is 0 Å². The molecule has 3 rings (SSSR count). The largest absolute Gasteiger partial charge is 0.352 e. The van der Waals surface area contributed by atoms with Gasteiger partial charge in [-0.1, -0.05) is 18.2 Å². The maximum Gasteiger partial charge on any atom is 0.232 e. The van der Waals surface area contributed by atoms with Crippen LogP contribution >= 0.6 is 0 Å². The lowest BCUT2D eigenvalue weighted by Crippen LogP contribution is -2.33. The van der Waals surface area contributed by atoms with Crippen LogP contribution in [-0.2, 0) is 14.3 Å². The highest BCUT2D eigenvalue weighted by molar-refractivity contribution is 5.92. The third-order valence-corrected chi connectivity index (χ3v) is 3.81. The smallest absolute Gasteiger partial charge is 0.232 e. The number of carbonyl (C=O) groups excluding carboxylic acids is 1. The molecule has 2 N–H and O–H groups in total. The molecule has 1 aliphatic carbocycles. The van der Waals surface area contributed by atoms with Crippen molar-refractivity contribution in [2.45, 2.75) is 31.6 Å². The Balaban J connectivity index is 1.44. The zero-order valence-electron chi connectivity index (χ0n) is 12.1. The molecule has 1 aromatic rings. The van der Waals surface area contributed by atoms with Crippen LogP contribution in [-0.4, -0.2) is 38.0 Å². The average molecular weight is 290 g/mol. The first-order chi connectivity index (χ1) is 10.3. The van der Waals surface area contributed by atoms with Crippen LogP contribution in [0.2, 0.25) is 0 Å². The van der Waals surface area contributed by atoms with Crippen LogP contribution in [0.3, 0.4) is 0 Å². The van der Waals surface area contributed by atoms with Crippen molar-refractivity contribution in [3.8, 4) is 0 Å². The minimum Gasteiger partial charge on any atom is -0.352 e. The van der Waals surface area contributed by atoms with Gasteiger partial charge in [-0.05, 0) is 31.4 Å². The van der Waals surface area contributed by atoms with Gasteiger partial charge in [0.1, 0.15) is 0 Å². The van der Waals surface area contributed by atoms with Crippen molar-refractivity contribution in [1.82, 2.24) is 5.32 Å². The number of carbonyl (C=O) groups is 1. The van der Waals surface area contributed by atoms with Crippen LogP contribution in [0, 0.1) is 5.92 Å². The summed E-state index contributed by atoms with van der Waals surface area (Å²) in [5.41, 5.74) is 0.809. The topological polar surface area (TPSA) is 59.6 Å². The van der Waals surface area contributed by atoms with Crippen molar-refractivity contribution in [3.05, 3.63) is 30.3 Å². The van der Waals surface area contributed by atoms with E-state index >= 15 is 0 Å². The monoisotopic (exact) mass is 290 g/mol. The van der Waals surface area contributed by atoms with E-state index in [-0.39, 0.29) is 11.8 Å². The summed E-state index contributed by atoms with van der Waals surface area (Å²) in [7, 11) is 0. The first-order valence-corrected chi connectivity index (χ1v) is 7.65. The molecule has 1 saturated heterocycles. The summed E-state index contributed by atoms with van der Waals surface area (Å²) in [5, 5.41) is 6.30. The van der Waals surface area contributed by atoms with Gasteiger partial charge in [0.05, 0.1) is 19.1 Å². The molecule has 0 bridgehead atoms. The molecule has 0 spiro atoms. The second-order valence-corrected chi connectivity index (χ2v) is 5.59. The van der Waals surface area contributed by atoms with E-state index in [0.717, 1.165) is 12.2 Å². The van der Waals surface area contributed by atoms with E-state index in [9.17, 15) is 4.79 Å². The number of benzene rings is 1. The number of amides is 1. The molecule has 2 unspecified atom stereocenters. The van der Waals surface area contributed by atoms with E-state index in [1.54, 1.807) is 0 Å². The van der Waals surface area contributed by atoms with Crippen LogP contribution in [0.15, 0.2) is 30.3 Å². The molecule has 2 fully saturated rings. The summed E-state index contributed by atoms with van der Waals surface area (Å²) in [6.07, 6.45) is 2.82. The Hall–Kier alpha value is -1.43. The van der Waals surface area contributed by atoms with Crippen LogP contribution in [0.1, 0.15) is 19.3 Å². The lowest BCUT2D eigenvalue weighted by atomic mass is 10.1. The number of ether oxygens (including phenoxy) is 2. The molecule has 114 valence electrons. The molecule has 5 nitrogen and oxygen atoms in total. The molecule has 21 heavy (non-hydrogen) atoms. The van der Waals surface area contributed by atoms with Gasteiger partial charge in [0.25, 0.3) is 0 Å². The fourth-order valence-corrected chi connectivity index (χ4v) is 2.46. The van der Waals surface area contributed by atoms with Gasteiger partial charge in [-0.3, -0.25) is 4.79 Å². The number of nitrogens with one attached hydrogen (secondary N) is 2. The molecule has 2 atom stereocenters. The third-order valence-electron chi connectivity index (χ3n) is 3.81. The highest BCUT2D eigenvalue weighted by Crippen LogP contribution is 2.24. The van der Waals surface area contributed by atoms with Gasteiger partial charge >= 0.3 is 0 Å². The Labute approximate surface area is 125 Å². The van der Waals surface area contributed by atoms with E-state index in [1.165, 1.54) is 12.8 Å². The molecule has 0 radical (unpaired) electrons. The Morgan fingerprint density at radius 1 is 1.24 bits per heavy atom. The van der Waals surface area contributed by atoms with Crippen LogP contribution in [0.5, 0.6) is 0 Å². The first kappa shape index (κ1) is 14.5. The van der Waals surface area contributed by atoms with Gasteiger partial charge in [0.15, 0.2) is 6.29 Å². The van der Waals surface area contributed by atoms with E-state index in [0.29, 0.717) is 25.7 Å². The van der Waals surface area contributed by atoms with E-state index in [2.05, 4.69) is 10.6 Å². The van der Waals surface area contributed by atoms with Crippen molar-refractivity contribution in [2.75, 3.05) is 25.1 Å². The fourth-order valence-electron chi connectivity index (χ4n) is 2.46. The van der Waals surface area contributed by atoms with Crippen molar-refractivity contribution >= 4 is 11.6 Å². The molecule has 1 heterocycles.